The second-order valence-corrected chi connectivity index (χ2v) is 6.24. The number of para-hydroxylation sites is 1. The van der Waals surface area contributed by atoms with E-state index in [9.17, 15) is 14.0 Å². The van der Waals surface area contributed by atoms with Crippen molar-refractivity contribution in [3.63, 3.8) is 0 Å². The summed E-state index contributed by atoms with van der Waals surface area (Å²) in [6.45, 7) is 1.49. The molecule has 0 saturated carbocycles. The van der Waals surface area contributed by atoms with Crippen molar-refractivity contribution in [1.29, 1.82) is 0 Å². The number of halogens is 1. The van der Waals surface area contributed by atoms with Crippen molar-refractivity contribution in [2.75, 3.05) is 18.4 Å². The second kappa shape index (κ2) is 8.43. The number of carbonyl (C=O) groups is 2. The van der Waals surface area contributed by atoms with Crippen LogP contribution in [0.1, 0.15) is 35.2 Å². The van der Waals surface area contributed by atoms with Gasteiger partial charge >= 0.3 is 0 Å². The summed E-state index contributed by atoms with van der Waals surface area (Å²) in [6.07, 6.45) is 5.83. The molecule has 0 radical (unpaired) electrons. The van der Waals surface area contributed by atoms with Crippen LogP contribution >= 0.6 is 0 Å². The molecular weight excluding hydrogens is 331 g/mol. The molecule has 2 aromatic rings. The second-order valence-electron chi connectivity index (χ2n) is 6.24. The Morgan fingerprint density at radius 1 is 0.962 bits per heavy atom. The van der Waals surface area contributed by atoms with Gasteiger partial charge in [-0.05, 0) is 43.5 Å². The SMILES string of the molecule is O=C(/C=C/c1ccccc1F)Nc1ccccc1C(=O)N1CCCCC1. The van der Waals surface area contributed by atoms with Gasteiger partial charge < -0.3 is 10.2 Å². The third-order valence-corrected chi connectivity index (χ3v) is 4.38. The van der Waals surface area contributed by atoms with Crippen molar-refractivity contribution in [3.05, 3.63) is 71.6 Å². The quantitative estimate of drug-likeness (QED) is 0.842. The third kappa shape index (κ3) is 4.36. The molecule has 1 fully saturated rings. The number of piperidine rings is 1. The Bertz CT molecular complexity index is 826. The molecule has 3 rings (SSSR count). The first-order chi connectivity index (χ1) is 12.6. The fourth-order valence-corrected chi connectivity index (χ4v) is 3.00. The molecule has 5 heteroatoms. The number of likely N-dealkylation sites (tertiary alicyclic amines) is 1. The average Bonchev–Trinajstić information content (AvgIpc) is 2.68. The number of hydrogen-bond donors (Lipinski definition) is 1. The van der Waals surface area contributed by atoms with Gasteiger partial charge in [0.25, 0.3) is 5.91 Å². The molecule has 0 bridgehead atoms. The number of benzene rings is 2. The zero-order valence-corrected chi connectivity index (χ0v) is 14.5. The minimum absolute atomic E-state index is 0.0707. The molecule has 0 unspecified atom stereocenters. The Morgan fingerprint density at radius 2 is 1.65 bits per heavy atom. The molecule has 4 nitrogen and oxygen atoms in total. The van der Waals surface area contributed by atoms with Crippen LogP contribution in [0.2, 0.25) is 0 Å². The highest BCUT2D eigenvalue weighted by Crippen LogP contribution is 2.20. The zero-order valence-electron chi connectivity index (χ0n) is 14.5. The number of anilines is 1. The third-order valence-electron chi connectivity index (χ3n) is 4.38. The normalized spacial score (nSPS) is 14.4. The highest BCUT2D eigenvalue weighted by atomic mass is 19.1. The lowest BCUT2D eigenvalue weighted by Gasteiger charge is -2.27. The van der Waals surface area contributed by atoms with Gasteiger partial charge in [-0.2, -0.15) is 0 Å². The van der Waals surface area contributed by atoms with E-state index in [1.54, 1.807) is 42.5 Å². The van der Waals surface area contributed by atoms with Crippen molar-refractivity contribution >= 4 is 23.6 Å². The molecule has 1 aliphatic rings. The largest absolute Gasteiger partial charge is 0.339 e. The van der Waals surface area contributed by atoms with E-state index in [1.165, 1.54) is 18.2 Å². The van der Waals surface area contributed by atoms with Gasteiger partial charge in [0.05, 0.1) is 11.3 Å². The van der Waals surface area contributed by atoms with Crippen LogP contribution in [0.15, 0.2) is 54.6 Å². The average molecular weight is 352 g/mol. The summed E-state index contributed by atoms with van der Waals surface area (Å²) in [6, 6.07) is 13.2. The number of hydrogen-bond acceptors (Lipinski definition) is 2. The summed E-state index contributed by atoms with van der Waals surface area (Å²) in [4.78, 5) is 26.8. The van der Waals surface area contributed by atoms with Crippen LogP contribution in [0.25, 0.3) is 6.08 Å². The number of nitrogens with one attached hydrogen (secondary N) is 1. The minimum atomic E-state index is -0.410. The van der Waals surface area contributed by atoms with E-state index in [1.807, 2.05) is 4.90 Å². The summed E-state index contributed by atoms with van der Waals surface area (Å²) >= 11 is 0. The summed E-state index contributed by atoms with van der Waals surface area (Å²) in [5.41, 5.74) is 1.27. The van der Waals surface area contributed by atoms with Gasteiger partial charge in [0.1, 0.15) is 5.82 Å². The molecule has 0 spiro atoms. The van der Waals surface area contributed by atoms with E-state index in [4.69, 9.17) is 0 Å². The molecule has 2 amide bonds. The molecule has 1 heterocycles. The Balaban J connectivity index is 1.72. The fraction of sp³-hybridized carbons (Fsp3) is 0.238. The highest BCUT2D eigenvalue weighted by molar-refractivity contribution is 6.07. The number of amides is 2. The van der Waals surface area contributed by atoms with Gasteiger partial charge in [-0.25, -0.2) is 4.39 Å². The summed E-state index contributed by atoms with van der Waals surface area (Å²) in [5.74, 6) is -0.872. The number of rotatable bonds is 4. The van der Waals surface area contributed by atoms with Crippen LogP contribution < -0.4 is 5.32 Å². The summed E-state index contributed by atoms with van der Waals surface area (Å²) in [5, 5.41) is 2.72. The maximum atomic E-state index is 13.6. The molecule has 0 aromatic heterocycles. The minimum Gasteiger partial charge on any atom is -0.339 e. The first-order valence-corrected chi connectivity index (χ1v) is 8.77. The standard InChI is InChI=1S/C21H21FN2O2/c22-18-10-4-2-8-16(18)12-13-20(25)23-19-11-5-3-9-17(19)21(26)24-14-6-1-7-15-24/h2-5,8-13H,1,6-7,14-15H2,(H,23,25)/b13-12+. The monoisotopic (exact) mass is 352 g/mol. The van der Waals surface area contributed by atoms with Crippen molar-refractivity contribution in [2.45, 2.75) is 19.3 Å². The van der Waals surface area contributed by atoms with E-state index in [0.29, 0.717) is 16.8 Å². The molecule has 2 aromatic carbocycles. The van der Waals surface area contributed by atoms with E-state index in [0.717, 1.165) is 32.4 Å². The topological polar surface area (TPSA) is 49.4 Å². The lowest BCUT2D eigenvalue weighted by Crippen LogP contribution is -2.36. The van der Waals surface area contributed by atoms with Gasteiger partial charge in [0, 0.05) is 24.7 Å². The van der Waals surface area contributed by atoms with E-state index in [2.05, 4.69) is 5.32 Å². The van der Waals surface area contributed by atoms with Crippen molar-refractivity contribution in [2.24, 2.45) is 0 Å². The zero-order chi connectivity index (χ0) is 18.4. The Morgan fingerprint density at radius 3 is 2.42 bits per heavy atom. The predicted octanol–water partition coefficient (Wildman–Crippen LogP) is 4.10. The van der Waals surface area contributed by atoms with Gasteiger partial charge in [-0.3, -0.25) is 9.59 Å². The highest BCUT2D eigenvalue weighted by Gasteiger charge is 2.20. The molecule has 1 aliphatic heterocycles. The first-order valence-electron chi connectivity index (χ1n) is 8.77. The summed E-state index contributed by atoms with van der Waals surface area (Å²) in [7, 11) is 0. The van der Waals surface area contributed by atoms with Gasteiger partial charge in [0.2, 0.25) is 5.91 Å². The van der Waals surface area contributed by atoms with Crippen LogP contribution in [-0.2, 0) is 4.79 Å². The predicted molar refractivity (Wildman–Crippen MR) is 100 cm³/mol. The number of nitrogens with zero attached hydrogens (tertiary/aromatic N) is 1. The van der Waals surface area contributed by atoms with Crippen LogP contribution in [0, 0.1) is 5.82 Å². The lowest BCUT2D eigenvalue weighted by atomic mass is 10.1. The molecule has 0 aliphatic carbocycles. The molecule has 1 N–H and O–H groups in total. The lowest BCUT2D eigenvalue weighted by molar-refractivity contribution is -0.111. The maximum Gasteiger partial charge on any atom is 0.255 e. The van der Waals surface area contributed by atoms with Crippen LogP contribution in [0.4, 0.5) is 10.1 Å². The fourth-order valence-electron chi connectivity index (χ4n) is 3.00. The first kappa shape index (κ1) is 17.9. The van der Waals surface area contributed by atoms with Gasteiger partial charge in [-0.1, -0.05) is 30.3 Å². The van der Waals surface area contributed by atoms with E-state index in [-0.39, 0.29) is 5.91 Å². The Labute approximate surface area is 152 Å². The Hall–Kier alpha value is -2.95. The van der Waals surface area contributed by atoms with Crippen molar-refractivity contribution in [3.8, 4) is 0 Å². The van der Waals surface area contributed by atoms with E-state index >= 15 is 0 Å². The van der Waals surface area contributed by atoms with Crippen LogP contribution in [0.5, 0.6) is 0 Å². The van der Waals surface area contributed by atoms with Gasteiger partial charge in [-0.15, -0.1) is 0 Å². The molecule has 134 valence electrons. The van der Waals surface area contributed by atoms with Crippen LogP contribution in [-0.4, -0.2) is 29.8 Å². The molecular formula is C21H21FN2O2. The Kier molecular flexibility index (Phi) is 5.79. The molecule has 1 saturated heterocycles. The van der Waals surface area contributed by atoms with Gasteiger partial charge in [0.15, 0.2) is 0 Å². The number of carbonyl (C=O) groups excluding carboxylic acids is 2. The maximum absolute atomic E-state index is 13.6. The van der Waals surface area contributed by atoms with Crippen LogP contribution in [0.3, 0.4) is 0 Å². The smallest absolute Gasteiger partial charge is 0.255 e. The summed E-state index contributed by atoms with van der Waals surface area (Å²) < 4.78 is 13.6. The van der Waals surface area contributed by atoms with E-state index < -0.39 is 11.7 Å². The van der Waals surface area contributed by atoms with Crippen molar-refractivity contribution < 1.29 is 14.0 Å². The molecule has 26 heavy (non-hydrogen) atoms. The molecule has 0 atom stereocenters. The van der Waals surface area contributed by atoms with Crippen molar-refractivity contribution in [1.82, 2.24) is 4.90 Å².